The molecule has 0 saturated carbocycles. The lowest BCUT2D eigenvalue weighted by atomic mass is 10.1. The zero-order chi connectivity index (χ0) is 15.0. The average Bonchev–Trinajstić information content (AvgIpc) is 2.55. The highest BCUT2D eigenvalue weighted by Gasteiger charge is 2.21. The van der Waals surface area contributed by atoms with Crippen LogP contribution < -0.4 is 10.1 Å². The molecule has 0 unspecified atom stereocenters. The quantitative estimate of drug-likeness (QED) is 0.787. The molecule has 1 amide bonds. The van der Waals surface area contributed by atoms with Gasteiger partial charge in [-0.25, -0.2) is 0 Å². The van der Waals surface area contributed by atoms with Crippen LogP contribution in [0.2, 0.25) is 0 Å². The van der Waals surface area contributed by atoms with Crippen LogP contribution in [0.4, 0.5) is 5.69 Å². The van der Waals surface area contributed by atoms with Crippen LogP contribution in [0.5, 0.6) is 17.2 Å². The van der Waals surface area contributed by atoms with E-state index in [4.69, 9.17) is 9.84 Å². The summed E-state index contributed by atoms with van der Waals surface area (Å²) in [6.07, 6.45) is -0.142. The number of carboxylic acids is 1. The predicted octanol–water partition coefficient (Wildman–Crippen LogP) is 2.38. The highest BCUT2D eigenvalue weighted by molar-refractivity contribution is 6.08. The molecule has 6 heteroatoms. The number of amides is 1. The Morgan fingerprint density at radius 2 is 1.90 bits per heavy atom. The van der Waals surface area contributed by atoms with E-state index in [1.807, 2.05) is 0 Å². The summed E-state index contributed by atoms with van der Waals surface area (Å²) >= 11 is 0. The number of nitrogens with one attached hydrogen (secondary N) is 1. The Hall–Kier alpha value is -3.02. The minimum Gasteiger partial charge on any atom is -0.508 e. The summed E-state index contributed by atoms with van der Waals surface area (Å²) in [7, 11) is 0. The molecular formula is C15H11NO5. The van der Waals surface area contributed by atoms with E-state index in [2.05, 4.69) is 5.32 Å². The zero-order valence-corrected chi connectivity index (χ0v) is 10.8. The Balaban J connectivity index is 2.03. The maximum Gasteiger partial charge on any atom is 0.307 e. The molecule has 106 valence electrons. The van der Waals surface area contributed by atoms with Gasteiger partial charge in [0.1, 0.15) is 11.5 Å². The number of carbonyl (C=O) groups is 2. The van der Waals surface area contributed by atoms with E-state index in [0.717, 1.165) is 0 Å². The first kappa shape index (κ1) is 13.0. The van der Waals surface area contributed by atoms with Gasteiger partial charge in [-0.05, 0) is 35.9 Å². The van der Waals surface area contributed by atoms with Gasteiger partial charge in [-0.15, -0.1) is 0 Å². The summed E-state index contributed by atoms with van der Waals surface area (Å²) in [6.45, 7) is 0. The molecule has 0 radical (unpaired) electrons. The summed E-state index contributed by atoms with van der Waals surface area (Å²) in [4.78, 5) is 22.9. The van der Waals surface area contributed by atoms with Gasteiger partial charge in [0, 0.05) is 0 Å². The average molecular weight is 285 g/mol. The molecule has 1 heterocycles. The fourth-order valence-corrected chi connectivity index (χ4v) is 2.14. The van der Waals surface area contributed by atoms with Gasteiger partial charge in [0.15, 0.2) is 5.75 Å². The minimum atomic E-state index is -0.955. The van der Waals surface area contributed by atoms with Crippen molar-refractivity contribution in [1.29, 1.82) is 0 Å². The van der Waals surface area contributed by atoms with Gasteiger partial charge in [-0.3, -0.25) is 9.59 Å². The van der Waals surface area contributed by atoms with Crippen LogP contribution in [-0.2, 0) is 11.2 Å². The first-order valence-corrected chi connectivity index (χ1v) is 6.20. The Morgan fingerprint density at radius 1 is 1.14 bits per heavy atom. The second-order valence-electron chi connectivity index (χ2n) is 4.64. The smallest absolute Gasteiger partial charge is 0.307 e. The highest BCUT2D eigenvalue weighted by atomic mass is 16.5. The predicted molar refractivity (Wildman–Crippen MR) is 73.9 cm³/mol. The van der Waals surface area contributed by atoms with Crippen LogP contribution in [0, 0.1) is 0 Å². The van der Waals surface area contributed by atoms with Crippen LogP contribution in [0.15, 0.2) is 36.4 Å². The maximum atomic E-state index is 12.1. The number of carbonyl (C=O) groups excluding carboxylic acids is 1. The number of fused-ring (bicyclic) bond motifs is 2. The lowest BCUT2D eigenvalue weighted by molar-refractivity contribution is -0.136. The molecule has 3 N–H and O–H groups in total. The van der Waals surface area contributed by atoms with Gasteiger partial charge in [-0.1, -0.05) is 6.07 Å². The summed E-state index contributed by atoms with van der Waals surface area (Å²) < 4.78 is 5.65. The molecule has 2 aromatic carbocycles. The monoisotopic (exact) mass is 285 g/mol. The van der Waals surface area contributed by atoms with Crippen molar-refractivity contribution in [1.82, 2.24) is 0 Å². The van der Waals surface area contributed by atoms with E-state index in [-0.39, 0.29) is 17.7 Å². The maximum absolute atomic E-state index is 12.1. The van der Waals surface area contributed by atoms with E-state index < -0.39 is 11.9 Å². The lowest BCUT2D eigenvalue weighted by Crippen LogP contribution is -2.10. The fraction of sp³-hybridized carbons (Fsp3) is 0.0667. The number of rotatable bonds is 2. The number of aromatic hydroxyl groups is 1. The molecule has 0 bridgehead atoms. The molecular weight excluding hydrogens is 274 g/mol. The van der Waals surface area contributed by atoms with Gasteiger partial charge < -0.3 is 20.3 Å². The molecule has 0 atom stereocenters. The topological polar surface area (TPSA) is 95.9 Å². The van der Waals surface area contributed by atoms with Crippen molar-refractivity contribution in [3.8, 4) is 17.2 Å². The highest BCUT2D eigenvalue weighted by Crippen LogP contribution is 2.37. The molecule has 6 nitrogen and oxygen atoms in total. The summed E-state index contributed by atoms with van der Waals surface area (Å²) in [5.41, 5.74) is 1.17. The Morgan fingerprint density at radius 3 is 2.67 bits per heavy atom. The molecule has 1 aliphatic heterocycles. The van der Waals surface area contributed by atoms with Crippen molar-refractivity contribution in [2.24, 2.45) is 0 Å². The van der Waals surface area contributed by atoms with E-state index in [1.165, 1.54) is 18.2 Å². The van der Waals surface area contributed by atoms with Crippen LogP contribution in [-0.4, -0.2) is 22.1 Å². The van der Waals surface area contributed by atoms with E-state index in [9.17, 15) is 14.7 Å². The van der Waals surface area contributed by atoms with E-state index >= 15 is 0 Å². The van der Waals surface area contributed by atoms with Crippen LogP contribution in [0.1, 0.15) is 15.9 Å². The fourth-order valence-electron chi connectivity index (χ4n) is 2.14. The van der Waals surface area contributed by atoms with Crippen molar-refractivity contribution >= 4 is 17.6 Å². The summed E-state index contributed by atoms with van der Waals surface area (Å²) in [5.74, 6) is -0.668. The van der Waals surface area contributed by atoms with Crippen LogP contribution in [0.25, 0.3) is 0 Å². The van der Waals surface area contributed by atoms with Gasteiger partial charge in [-0.2, -0.15) is 0 Å². The third-order valence-electron chi connectivity index (χ3n) is 3.08. The van der Waals surface area contributed by atoms with Crippen molar-refractivity contribution in [2.75, 3.05) is 5.32 Å². The minimum absolute atomic E-state index is 0.0370. The number of hydrogen-bond donors (Lipinski definition) is 3. The Kier molecular flexibility index (Phi) is 2.98. The number of hydrogen-bond acceptors (Lipinski definition) is 4. The Bertz CT molecular complexity index is 754. The number of carboxylic acid groups (broad SMARTS) is 1. The summed E-state index contributed by atoms with van der Waals surface area (Å²) in [6, 6.07) is 9.04. The number of aliphatic carboxylic acids is 1. The molecule has 0 fully saturated rings. The lowest BCUT2D eigenvalue weighted by Gasteiger charge is -2.08. The van der Waals surface area contributed by atoms with Crippen molar-refractivity contribution in [2.45, 2.75) is 6.42 Å². The second kappa shape index (κ2) is 4.82. The Labute approximate surface area is 119 Å². The van der Waals surface area contributed by atoms with Crippen LogP contribution in [0.3, 0.4) is 0 Å². The largest absolute Gasteiger partial charge is 0.508 e. The van der Waals surface area contributed by atoms with Gasteiger partial charge in [0.05, 0.1) is 17.7 Å². The van der Waals surface area contributed by atoms with Crippen molar-refractivity contribution in [3.05, 3.63) is 47.5 Å². The van der Waals surface area contributed by atoms with Crippen molar-refractivity contribution < 1.29 is 24.5 Å². The molecule has 2 aromatic rings. The molecule has 0 spiro atoms. The number of phenols is 1. The number of phenolic OH excluding ortho intramolecular Hbond substituents is 1. The molecule has 0 aliphatic carbocycles. The van der Waals surface area contributed by atoms with E-state index in [1.54, 1.807) is 18.2 Å². The third-order valence-corrected chi connectivity index (χ3v) is 3.08. The molecule has 3 rings (SSSR count). The molecule has 21 heavy (non-hydrogen) atoms. The van der Waals surface area contributed by atoms with E-state index in [0.29, 0.717) is 22.7 Å². The van der Waals surface area contributed by atoms with Gasteiger partial charge in [0.2, 0.25) is 0 Å². The second-order valence-corrected chi connectivity index (χ2v) is 4.64. The standard InChI is InChI=1S/C15H11NO5/c17-9-2-4-12-10(7-9)15(20)16-11-5-8(6-14(18)19)1-3-13(11)21-12/h1-5,7,17H,6H2,(H,16,20)(H,18,19). The molecule has 0 saturated heterocycles. The number of ether oxygens (including phenoxy) is 1. The van der Waals surface area contributed by atoms with Crippen molar-refractivity contribution in [3.63, 3.8) is 0 Å². The summed E-state index contributed by atoms with van der Waals surface area (Å²) in [5, 5.41) is 20.9. The van der Waals surface area contributed by atoms with Gasteiger partial charge in [0.25, 0.3) is 5.91 Å². The number of benzene rings is 2. The van der Waals surface area contributed by atoms with Gasteiger partial charge >= 0.3 is 5.97 Å². The first-order valence-electron chi connectivity index (χ1n) is 6.20. The number of anilines is 1. The normalized spacial score (nSPS) is 12.5. The zero-order valence-electron chi connectivity index (χ0n) is 10.8. The molecule has 1 aliphatic rings. The van der Waals surface area contributed by atoms with Crippen LogP contribution >= 0.6 is 0 Å². The first-order chi connectivity index (χ1) is 10.0. The molecule has 0 aromatic heterocycles. The third kappa shape index (κ3) is 2.51. The SMILES string of the molecule is O=C(O)Cc1ccc2c(c1)NC(=O)c1cc(O)ccc1O2.